The molecule has 4 rings (SSSR count). The van der Waals surface area contributed by atoms with Gasteiger partial charge < -0.3 is 14.7 Å². The van der Waals surface area contributed by atoms with E-state index >= 15 is 0 Å². The predicted molar refractivity (Wildman–Crippen MR) is 117 cm³/mol. The highest BCUT2D eigenvalue weighted by molar-refractivity contribution is 9.10. The van der Waals surface area contributed by atoms with Gasteiger partial charge in [0.2, 0.25) is 5.75 Å². The minimum absolute atomic E-state index is 0.202. The van der Waals surface area contributed by atoms with E-state index in [0.717, 1.165) is 4.47 Å². The van der Waals surface area contributed by atoms with Crippen LogP contribution in [0.1, 0.15) is 12.8 Å². The quantitative estimate of drug-likeness (QED) is 0.604. The molecule has 0 spiro atoms. The number of nitrogens with zero attached hydrogens (tertiary/aromatic N) is 3. The molecule has 2 aromatic carbocycles. The van der Waals surface area contributed by atoms with Gasteiger partial charge in [-0.15, -0.1) is 0 Å². The Labute approximate surface area is 181 Å². The second-order valence-electron chi connectivity index (χ2n) is 6.83. The van der Waals surface area contributed by atoms with Crippen LogP contribution in [0.2, 0.25) is 5.02 Å². The normalized spacial score (nSPS) is 14.8. The molecular formula is C21H19BrClN3O3. The van der Waals surface area contributed by atoms with Gasteiger partial charge >= 0.3 is 5.56 Å². The summed E-state index contributed by atoms with van der Waals surface area (Å²) in [6.07, 6.45) is 2.60. The first kappa shape index (κ1) is 19.9. The molecule has 1 aliphatic heterocycles. The first-order valence-corrected chi connectivity index (χ1v) is 10.4. The van der Waals surface area contributed by atoms with Crippen LogP contribution in [0.25, 0.3) is 5.69 Å². The highest BCUT2D eigenvalue weighted by Crippen LogP contribution is 2.31. The Kier molecular flexibility index (Phi) is 5.89. The van der Waals surface area contributed by atoms with Crippen LogP contribution in [-0.2, 0) is 0 Å². The summed E-state index contributed by atoms with van der Waals surface area (Å²) in [5.74, 6) is 0.756. The number of hydrogen-bond acceptors (Lipinski definition) is 5. The Balaban J connectivity index is 1.78. The number of rotatable bonds is 4. The summed E-state index contributed by atoms with van der Waals surface area (Å²) in [6, 6.07) is 14.2. The van der Waals surface area contributed by atoms with Crippen molar-refractivity contribution in [2.45, 2.75) is 18.9 Å². The van der Waals surface area contributed by atoms with Crippen LogP contribution in [0, 0.1) is 0 Å². The van der Waals surface area contributed by atoms with Crippen LogP contribution >= 0.6 is 27.5 Å². The fourth-order valence-electron chi connectivity index (χ4n) is 3.24. The monoisotopic (exact) mass is 475 g/mol. The molecule has 150 valence electrons. The van der Waals surface area contributed by atoms with Crippen molar-refractivity contribution >= 4 is 33.2 Å². The molecule has 0 bridgehead atoms. The molecule has 0 atom stereocenters. The van der Waals surface area contributed by atoms with E-state index < -0.39 is 0 Å². The lowest BCUT2D eigenvalue weighted by Crippen LogP contribution is -2.37. The maximum atomic E-state index is 13.3. The Morgan fingerprint density at radius 2 is 1.72 bits per heavy atom. The number of piperidine rings is 1. The van der Waals surface area contributed by atoms with Crippen LogP contribution in [0.3, 0.4) is 0 Å². The molecule has 1 saturated heterocycles. The average Bonchev–Trinajstić information content (AvgIpc) is 2.73. The van der Waals surface area contributed by atoms with E-state index in [1.165, 1.54) is 4.68 Å². The van der Waals surface area contributed by atoms with Crippen LogP contribution < -0.4 is 15.2 Å². The van der Waals surface area contributed by atoms with Gasteiger partial charge in [0, 0.05) is 22.6 Å². The van der Waals surface area contributed by atoms with Crippen molar-refractivity contribution in [3.8, 4) is 17.2 Å². The van der Waals surface area contributed by atoms with Gasteiger partial charge in [-0.3, -0.25) is 4.79 Å². The molecular weight excluding hydrogens is 458 g/mol. The molecule has 0 amide bonds. The van der Waals surface area contributed by atoms with Crippen molar-refractivity contribution in [3.63, 3.8) is 0 Å². The summed E-state index contributed by atoms with van der Waals surface area (Å²) in [4.78, 5) is 15.3. The van der Waals surface area contributed by atoms with Crippen molar-refractivity contribution in [3.05, 3.63) is 74.6 Å². The number of aliphatic hydroxyl groups excluding tert-OH is 1. The van der Waals surface area contributed by atoms with Crippen molar-refractivity contribution in [1.29, 1.82) is 0 Å². The molecule has 6 nitrogen and oxygen atoms in total. The van der Waals surface area contributed by atoms with Crippen LogP contribution in [0.4, 0.5) is 5.69 Å². The highest BCUT2D eigenvalue weighted by atomic mass is 79.9. The Morgan fingerprint density at radius 1 is 1.07 bits per heavy atom. The number of benzene rings is 2. The second kappa shape index (κ2) is 8.57. The SMILES string of the molecule is O=c1c(Oc2ccc(Br)cc2)c(N2CCC(O)CC2)cnn1-c1ccc(Cl)cc1. The topological polar surface area (TPSA) is 67.6 Å². The number of ether oxygens (including phenoxy) is 1. The lowest BCUT2D eigenvalue weighted by atomic mass is 10.1. The summed E-state index contributed by atoms with van der Waals surface area (Å²) in [7, 11) is 0. The van der Waals surface area contributed by atoms with E-state index in [1.807, 2.05) is 17.0 Å². The van der Waals surface area contributed by atoms with Gasteiger partial charge in [0.05, 0.1) is 18.0 Å². The van der Waals surface area contributed by atoms with E-state index in [2.05, 4.69) is 21.0 Å². The smallest absolute Gasteiger partial charge is 0.316 e. The molecule has 1 fully saturated rings. The minimum atomic E-state index is -0.362. The third kappa shape index (κ3) is 4.47. The van der Waals surface area contributed by atoms with Crippen molar-refractivity contribution in [1.82, 2.24) is 9.78 Å². The van der Waals surface area contributed by atoms with Crippen LogP contribution in [0.5, 0.6) is 11.5 Å². The summed E-state index contributed by atoms with van der Waals surface area (Å²) in [5.41, 5.74) is 0.856. The zero-order valence-corrected chi connectivity index (χ0v) is 17.8. The van der Waals surface area contributed by atoms with Gasteiger partial charge in [-0.1, -0.05) is 27.5 Å². The standard InChI is InChI=1S/C21H19BrClN3O3/c22-14-1-7-18(8-2-14)29-20-19(25-11-9-17(27)10-12-25)13-24-26(21(20)28)16-5-3-15(23)4-6-16/h1-8,13,17,27H,9-12H2. The fourth-order valence-corrected chi connectivity index (χ4v) is 3.63. The molecule has 1 aliphatic rings. The largest absolute Gasteiger partial charge is 0.449 e. The maximum Gasteiger partial charge on any atom is 0.316 e. The molecule has 0 aliphatic carbocycles. The van der Waals surface area contributed by atoms with E-state index in [9.17, 15) is 9.90 Å². The number of aromatic nitrogens is 2. The van der Waals surface area contributed by atoms with E-state index in [1.54, 1.807) is 42.6 Å². The molecule has 0 saturated carbocycles. The van der Waals surface area contributed by atoms with E-state index in [-0.39, 0.29) is 17.4 Å². The lowest BCUT2D eigenvalue weighted by molar-refractivity contribution is 0.145. The number of hydrogen-bond donors (Lipinski definition) is 1. The van der Waals surface area contributed by atoms with Crippen molar-refractivity contribution in [2.24, 2.45) is 0 Å². The summed E-state index contributed by atoms with van der Waals surface area (Å²) in [6.45, 7) is 1.26. The molecule has 29 heavy (non-hydrogen) atoms. The van der Waals surface area contributed by atoms with Crippen LogP contribution in [0.15, 0.2) is 64.0 Å². The number of anilines is 1. The Bertz CT molecular complexity index is 1050. The molecule has 0 unspecified atom stereocenters. The average molecular weight is 477 g/mol. The van der Waals surface area contributed by atoms with Crippen LogP contribution in [-0.4, -0.2) is 34.1 Å². The summed E-state index contributed by atoms with van der Waals surface area (Å²) in [5, 5.41) is 14.8. The zero-order valence-electron chi connectivity index (χ0n) is 15.5. The maximum absolute atomic E-state index is 13.3. The predicted octanol–water partition coefficient (Wildman–Crippen LogP) is 4.40. The van der Waals surface area contributed by atoms with E-state index in [0.29, 0.717) is 48.1 Å². The second-order valence-corrected chi connectivity index (χ2v) is 8.18. The molecule has 0 radical (unpaired) electrons. The number of halogens is 2. The third-order valence-corrected chi connectivity index (χ3v) is 5.61. The Morgan fingerprint density at radius 3 is 2.38 bits per heavy atom. The molecule has 3 aromatic rings. The van der Waals surface area contributed by atoms with Gasteiger partial charge in [0.15, 0.2) is 0 Å². The zero-order chi connectivity index (χ0) is 20.4. The van der Waals surface area contributed by atoms with Gasteiger partial charge in [0.1, 0.15) is 11.4 Å². The highest BCUT2D eigenvalue weighted by Gasteiger charge is 2.24. The first-order valence-electron chi connectivity index (χ1n) is 9.26. The van der Waals surface area contributed by atoms with Gasteiger partial charge in [-0.2, -0.15) is 9.78 Å². The summed E-state index contributed by atoms with van der Waals surface area (Å²) >= 11 is 9.37. The van der Waals surface area contributed by atoms with E-state index in [4.69, 9.17) is 16.3 Å². The summed E-state index contributed by atoms with van der Waals surface area (Å²) < 4.78 is 8.26. The first-order chi connectivity index (χ1) is 14.0. The van der Waals surface area contributed by atoms with Gasteiger partial charge in [-0.05, 0) is 61.4 Å². The van der Waals surface area contributed by atoms with Gasteiger partial charge in [-0.25, -0.2) is 0 Å². The number of aliphatic hydroxyl groups is 1. The lowest BCUT2D eigenvalue weighted by Gasteiger charge is -2.32. The third-order valence-electron chi connectivity index (χ3n) is 4.82. The Hall–Kier alpha value is -2.35. The van der Waals surface area contributed by atoms with Crippen molar-refractivity contribution in [2.75, 3.05) is 18.0 Å². The molecule has 1 N–H and O–H groups in total. The molecule has 2 heterocycles. The van der Waals surface area contributed by atoms with Crippen molar-refractivity contribution < 1.29 is 9.84 Å². The molecule has 8 heteroatoms. The van der Waals surface area contributed by atoms with Gasteiger partial charge in [0.25, 0.3) is 0 Å². The minimum Gasteiger partial charge on any atom is -0.449 e. The molecule has 1 aromatic heterocycles. The fraction of sp³-hybridized carbons (Fsp3) is 0.238.